The smallest absolute Gasteiger partial charge is 0.334 e. The summed E-state index contributed by atoms with van der Waals surface area (Å²) in [6.45, 7) is 15.8. The summed E-state index contributed by atoms with van der Waals surface area (Å²) in [4.78, 5) is 25.4. The van der Waals surface area contributed by atoms with E-state index in [0.717, 1.165) is 0 Å². The zero-order chi connectivity index (χ0) is 20.9. The molecule has 0 aliphatic rings. The van der Waals surface area contributed by atoms with Crippen molar-refractivity contribution < 1.29 is 32.7 Å². The molecule has 0 aliphatic carbocycles. The van der Waals surface area contributed by atoms with E-state index in [9.17, 15) is 14.2 Å². The first kappa shape index (κ1) is 25.5. The van der Waals surface area contributed by atoms with Crippen molar-refractivity contribution in [1.29, 1.82) is 0 Å². The molecule has 0 aliphatic heterocycles. The summed E-state index contributed by atoms with van der Waals surface area (Å²) in [6, 6.07) is 0. The molecule has 0 aromatic heterocycles. The maximum absolute atomic E-state index is 12.7. The molecule has 0 fully saturated rings. The van der Waals surface area contributed by atoms with Crippen LogP contribution in [0.2, 0.25) is 0 Å². The van der Waals surface area contributed by atoms with Crippen LogP contribution in [0, 0.1) is 0 Å². The number of carbonyl (C=O) groups excluding carboxylic acids is 2. The number of carbonyl (C=O) groups is 2. The quantitative estimate of drug-likeness (QED) is 0.233. The predicted octanol–water partition coefficient (Wildman–Crippen LogP) is 2.79. The lowest BCUT2D eigenvalue weighted by atomic mass is 10.2. The molecule has 0 amide bonds. The fraction of sp³-hybridized carbons (Fsp3) is 0.667. The highest BCUT2D eigenvalue weighted by Crippen LogP contribution is 2.47. The van der Waals surface area contributed by atoms with E-state index in [1.807, 2.05) is 0 Å². The summed E-state index contributed by atoms with van der Waals surface area (Å²) in [7, 11) is -3.27. The zero-order valence-electron chi connectivity index (χ0n) is 16.8. The SMILES string of the molecule is C=C(CN(CCP(=O)(OCC)OCC)CC(=C)C(=O)OCC)C(=O)OCC. The molecule has 0 radical (unpaired) electrons. The van der Waals surface area contributed by atoms with Crippen molar-refractivity contribution in [3.05, 3.63) is 24.3 Å². The molecule has 0 rings (SSSR count). The third-order valence-corrected chi connectivity index (χ3v) is 5.35. The third kappa shape index (κ3) is 10.4. The fourth-order valence-electron chi connectivity index (χ4n) is 2.17. The second-order valence-electron chi connectivity index (χ2n) is 5.53. The summed E-state index contributed by atoms with van der Waals surface area (Å²) in [5.41, 5.74) is 0.437. The van der Waals surface area contributed by atoms with Crippen molar-refractivity contribution >= 4 is 19.5 Å². The minimum atomic E-state index is -3.27. The molecule has 0 saturated heterocycles. The van der Waals surface area contributed by atoms with Crippen LogP contribution in [-0.4, -0.2) is 69.1 Å². The largest absolute Gasteiger partial charge is 0.463 e. The number of rotatable bonds is 15. The van der Waals surface area contributed by atoms with Gasteiger partial charge in [-0.2, -0.15) is 0 Å². The Kier molecular flexibility index (Phi) is 12.9. The van der Waals surface area contributed by atoms with Crippen LogP contribution in [0.5, 0.6) is 0 Å². The highest BCUT2D eigenvalue weighted by molar-refractivity contribution is 7.53. The molecule has 27 heavy (non-hydrogen) atoms. The Hall–Kier alpha value is -1.47. The van der Waals surface area contributed by atoms with Crippen molar-refractivity contribution in [2.75, 3.05) is 52.2 Å². The molecular weight excluding hydrogens is 373 g/mol. The van der Waals surface area contributed by atoms with Gasteiger partial charge < -0.3 is 18.5 Å². The Labute approximate surface area is 162 Å². The normalized spacial score (nSPS) is 11.3. The number of nitrogens with zero attached hydrogens (tertiary/aromatic N) is 1. The van der Waals surface area contributed by atoms with Gasteiger partial charge in [0.25, 0.3) is 0 Å². The zero-order valence-corrected chi connectivity index (χ0v) is 17.7. The molecule has 156 valence electrons. The van der Waals surface area contributed by atoms with Gasteiger partial charge >= 0.3 is 19.5 Å². The van der Waals surface area contributed by atoms with Gasteiger partial charge in [-0.25, -0.2) is 9.59 Å². The van der Waals surface area contributed by atoms with E-state index < -0.39 is 19.5 Å². The van der Waals surface area contributed by atoms with E-state index in [0.29, 0.717) is 0 Å². The molecular formula is C18H32NO7P. The van der Waals surface area contributed by atoms with E-state index in [1.165, 1.54) is 0 Å². The standard InChI is InChI=1S/C18H32NO7P/c1-7-23-17(20)15(5)13-19(14-16(6)18(21)24-8-2)11-12-27(22,25-9-3)26-10-4/h5-14H2,1-4H3. The molecule has 0 atom stereocenters. The van der Waals surface area contributed by atoms with Gasteiger partial charge in [0.2, 0.25) is 0 Å². The molecule has 0 unspecified atom stereocenters. The lowest BCUT2D eigenvalue weighted by Gasteiger charge is -2.25. The summed E-state index contributed by atoms with van der Waals surface area (Å²) >= 11 is 0. The van der Waals surface area contributed by atoms with Crippen LogP contribution in [-0.2, 0) is 32.7 Å². The van der Waals surface area contributed by atoms with Crippen molar-refractivity contribution in [2.24, 2.45) is 0 Å². The Bertz CT molecular complexity index is 520. The minimum absolute atomic E-state index is 0.0981. The van der Waals surface area contributed by atoms with Crippen LogP contribution in [0.3, 0.4) is 0 Å². The third-order valence-electron chi connectivity index (χ3n) is 3.30. The maximum atomic E-state index is 12.7. The molecule has 0 aromatic rings. The van der Waals surface area contributed by atoms with Gasteiger partial charge in [-0.3, -0.25) is 9.46 Å². The Morgan fingerprint density at radius 3 is 1.56 bits per heavy atom. The average molecular weight is 405 g/mol. The van der Waals surface area contributed by atoms with Gasteiger partial charge in [-0.15, -0.1) is 0 Å². The van der Waals surface area contributed by atoms with Crippen LogP contribution in [0.1, 0.15) is 27.7 Å². The molecule has 9 heteroatoms. The molecule has 0 heterocycles. The van der Waals surface area contributed by atoms with Crippen LogP contribution in [0.15, 0.2) is 24.3 Å². The second-order valence-corrected chi connectivity index (χ2v) is 7.71. The molecule has 0 bridgehead atoms. The monoisotopic (exact) mass is 405 g/mol. The van der Waals surface area contributed by atoms with Crippen LogP contribution >= 0.6 is 7.60 Å². The number of ether oxygens (including phenoxy) is 2. The van der Waals surface area contributed by atoms with Crippen LogP contribution in [0.4, 0.5) is 0 Å². The van der Waals surface area contributed by atoms with E-state index in [2.05, 4.69) is 13.2 Å². The summed E-state index contributed by atoms with van der Waals surface area (Å²) in [6.07, 6.45) is 0.0981. The van der Waals surface area contributed by atoms with E-state index in [1.54, 1.807) is 32.6 Å². The van der Waals surface area contributed by atoms with Crippen molar-refractivity contribution in [3.63, 3.8) is 0 Å². The van der Waals surface area contributed by atoms with Crippen molar-refractivity contribution in [1.82, 2.24) is 4.90 Å². The van der Waals surface area contributed by atoms with Gasteiger partial charge in [-0.05, 0) is 27.7 Å². The topological polar surface area (TPSA) is 91.4 Å². The summed E-state index contributed by atoms with van der Waals surface area (Å²) in [5, 5.41) is 0. The molecule has 0 aromatic carbocycles. The highest BCUT2D eigenvalue weighted by atomic mass is 31.2. The van der Waals surface area contributed by atoms with Gasteiger partial charge in [0.05, 0.1) is 32.6 Å². The number of hydrogen-bond donors (Lipinski definition) is 0. The van der Waals surface area contributed by atoms with Gasteiger partial charge in [-0.1, -0.05) is 13.2 Å². The van der Waals surface area contributed by atoms with Gasteiger partial charge in [0.1, 0.15) is 0 Å². The Morgan fingerprint density at radius 1 is 0.815 bits per heavy atom. The van der Waals surface area contributed by atoms with Gasteiger partial charge in [0, 0.05) is 30.8 Å². The minimum Gasteiger partial charge on any atom is -0.463 e. The first-order valence-electron chi connectivity index (χ1n) is 9.03. The molecule has 8 nitrogen and oxygen atoms in total. The predicted molar refractivity (Wildman–Crippen MR) is 104 cm³/mol. The molecule has 0 saturated carbocycles. The van der Waals surface area contributed by atoms with E-state index in [4.69, 9.17) is 18.5 Å². The Balaban J connectivity index is 5.13. The second kappa shape index (κ2) is 13.7. The molecule has 0 spiro atoms. The lowest BCUT2D eigenvalue weighted by molar-refractivity contribution is -0.139. The van der Waals surface area contributed by atoms with Crippen molar-refractivity contribution in [2.45, 2.75) is 27.7 Å². The van der Waals surface area contributed by atoms with E-state index >= 15 is 0 Å². The first-order chi connectivity index (χ1) is 12.7. The fourth-order valence-corrected chi connectivity index (χ4v) is 3.82. The van der Waals surface area contributed by atoms with E-state index in [-0.39, 0.29) is 63.4 Å². The lowest BCUT2D eigenvalue weighted by Crippen LogP contribution is -2.34. The van der Waals surface area contributed by atoms with Gasteiger partial charge in [0.15, 0.2) is 0 Å². The first-order valence-corrected chi connectivity index (χ1v) is 10.8. The molecule has 0 N–H and O–H groups in total. The number of hydrogen-bond acceptors (Lipinski definition) is 8. The maximum Gasteiger partial charge on any atom is 0.334 e. The van der Waals surface area contributed by atoms with Crippen LogP contribution in [0.25, 0.3) is 0 Å². The Morgan fingerprint density at radius 2 is 1.22 bits per heavy atom. The summed E-state index contributed by atoms with van der Waals surface area (Å²) < 4.78 is 33.1. The van der Waals surface area contributed by atoms with Crippen molar-refractivity contribution in [3.8, 4) is 0 Å². The number of esters is 2. The highest BCUT2D eigenvalue weighted by Gasteiger charge is 2.26. The summed E-state index contributed by atoms with van der Waals surface area (Å²) in [5.74, 6) is -1.05. The average Bonchev–Trinajstić information content (AvgIpc) is 2.60. The van der Waals surface area contributed by atoms with Crippen LogP contribution < -0.4 is 0 Å².